The maximum absolute atomic E-state index is 11.8. The number of halogens is 1. The SMILES string of the molecule is COCCCS(=O)(=O)Nc1ccc(S(=O)(=O)Cl)cc1C. The minimum Gasteiger partial charge on any atom is -0.385 e. The molecule has 0 radical (unpaired) electrons. The summed E-state index contributed by atoms with van der Waals surface area (Å²) >= 11 is 0. The van der Waals surface area contributed by atoms with Crippen LogP contribution in [0.15, 0.2) is 23.1 Å². The van der Waals surface area contributed by atoms with E-state index in [4.69, 9.17) is 15.4 Å². The normalized spacial score (nSPS) is 12.3. The summed E-state index contributed by atoms with van der Waals surface area (Å²) in [5, 5.41) is 0. The second kappa shape index (κ2) is 6.75. The molecular weight excluding hydrogens is 326 g/mol. The number of aryl methyl sites for hydroxylation is 1. The highest BCUT2D eigenvalue weighted by atomic mass is 35.7. The van der Waals surface area contributed by atoms with E-state index in [9.17, 15) is 16.8 Å². The van der Waals surface area contributed by atoms with E-state index in [1.54, 1.807) is 6.92 Å². The quantitative estimate of drug-likeness (QED) is 0.602. The molecule has 9 heteroatoms. The van der Waals surface area contributed by atoms with Crippen LogP contribution >= 0.6 is 10.7 Å². The fourth-order valence-corrected chi connectivity index (χ4v) is 3.51. The summed E-state index contributed by atoms with van der Waals surface area (Å²) in [6.07, 6.45) is 0.374. The van der Waals surface area contributed by atoms with Gasteiger partial charge in [-0.1, -0.05) is 0 Å². The number of hydrogen-bond donors (Lipinski definition) is 1. The van der Waals surface area contributed by atoms with Crippen LogP contribution in [-0.4, -0.2) is 36.3 Å². The zero-order chi connectivity index (χ0) is 15.4. The topological polar surface area (TPSA) is 89.5 Å². The standard InChI is InChI=1S/C11H16ClNO5S2/c1-9-8-10(20(12,16)17)4-5-11(9)13-19(14,15)7-3-6-18-2/h4-5,8,13H,3,6-7H2,1-2H3. The molecule has 1 rings (SSSR count). The summed E-state index contributed by atoms with van der Waals surface area (Å²) in [6.45, 7) is 1.95. The summed E-state index contributed by atoms with van der Waals surface area (Å²) in [7, 11) is -0.599. The van der Waals surface area contributed by atoms with Crippen molar-refractivity contribution in [2.45, 2.75) is 18.2 Å². The van der Waals surface area contributed by atoms with Crippen molar-refractivity contribution in [3.05, 3.63) is 23.8 Å². The minimum absolute atomic E-state index is 0.0704. The Morgan fingerprint density at radius 2 is 1.90 bits per heavy atom. The van der Waals surface area contributed by atoms with E-state index >= 15 is 0 Å². The Labute approximate surface area is 123 Å². The van der Waals surface area contributed by atoms with Crippen molar-refractivity contribution in [1.82, 2.24) is 0 Å². The number of benzene rings is 1. The van der Waals surface area contributed by atoms with Crippen LogP contribution in [0.1, 0.15) is 12.0 Å². The van der Waals surface area contributed by atoms with Crippen LogP contribution < -0.4 is 4.72 Å². The Morgan fingerprint density at radius 1 is 1.25 bits per heavy atom. The third kappa shape index (κ3) is 5.28. The van der Waals surface area contributed by atoms with Crippen molar-refractivity contribution < 1.29 is 21.6 Å². The molecule has 1 aromatic rings. The summed E-state index contributed by atoms with van der Waals surface area (Å²) in [5.41, 5.74) is 0.800. The van der Waals surface area contributed by atoms with Gasteiger partial charge in [-0.3, -0.25) is 4.72 Å². The minimum atomic E-state index is -3.82. The van der Waals surface area contributed by atoms with Crippen LogP contribution in [0.4, 0.5) is 5.69 Å². The molecule has 0 aromatic heterocycles. The Balaban J connectivity index is 2.89. The van der Waals surface area contributed by atoms with E-state index in [0.29, 0.717) is 24.3 Å². The zero-order valence-corrected chi connectivity index (χ0v) is 13.5. The van der Waals surface area contributed by atoms with Crippen LogP contribution in [-0.2, 0) is 23.8 Å². The molecule has 0 heterocycles. The van der Waals surface area contributed by atoms with E-state index in [1.807, 2.05) is 0 Å². The summed E-state index contributed by atoms with van der Waals surface area (Å²) < 4.78 is 53.1. The highest BCUT2D eigenvalue weighted by molar-refractivity contribution is 8.13. The number of nitrogens with one attached hydrogen (secondary N) is 1. The van der Waals surface area contributed by atoms with Crippen molar-refractivity contribution >= 4 is 35.4 Å². The molecule has 0 saturated heterocycles. The highest BCUT2D eigenvalue weighted by Gasteiger charge is 2.15. The van der Waals surface area contributed by atoms with Gasteiger partial charge >= 0.3 is 0 Å². The number of ether oxygens (including phenoxy) is 1. The van der Waals surface area contributed by atoms with Gasteiger partial charge in [-0.2, -0.15) is 0 Å². The lowest BCUT2D eigenvalue weighted by Gasteiger charge is -2.11. The van der Waals surface area contributed by atoms with Gasteiger partial charge < -0.3 is 4.74 Å². The Morgan fingerprint density at radius 3 is 2.40 bits per heavy atom. The molecule has 0 saturated carbocycles. The van der Waals surface area contributed by atoms with E-state index < -0.39 is 19.1 Å². The number of hydrogen-bond acceptors (Lipinski definition) is 5. The second-order valence-corrected chi connectivity index (χ2v) is 8.59. The molecule has 1 N–H and O–H groups in total. The molecule has 0 unspecified atom stereocenters. The molecule has 0 aliphatic heterocycles. The van der Waals surface area contributed by atoms with Crippen LogP contribution in [0.25, 0.3) is 0 Å². The molecule has 1 aromatic carbocycles. The Hall–Kier alpha value is -0.830. The Bertz CT molecular complexity index is 670. The van der Waals surface area contributed by atoms with Gasteiger partial charge in [-0.05, 0) is 37.1 Å². The van der Waals surface area contributed by atoms with Gasteiger partial charge in [0, 0.05) is 24.4 Å². The number of anilines is 1. The third-order valence-corrected chi connectivity index (χ3v) is 5.21. The van der Waals surface area contributed by atoms with Gasteiger partial charge in [0.2, 0.25) is 10.0 Å². The molecule has 0 bridgehead atoms. The van der Waals surface area contributed by atoms with Gasteiger partial charge in [0.05, 0.1) is 16.3 Å². The van der Waals surface area contributed by atoms with Crippen molar-refractivity contribution in [1.29, 1.82) is 0 Å². The van der Waals surface area contributed by atoms with Gasteiger partial charge in [0.1, 0.15) is 0 Å². The van der Waals surface area contributed by atoms with Crippen LogP contribution in [0.5, 0.6) is 0 Å². The monoisotopic (exact) mass is 341 g/mol. The molecule has 0 atom stereocenters. The maximum Gasteiger partial charge on any atom is 0.261 e. The smallest absolute Gasteiger partial charge is 0.261 e. The molecule has 114 valence electrons. The lowest BCUT2D eigenvalue weighted by atomic mass is 10.2. The number of rotatable bonds is 7. The van der Waals surface area contributed by atoms with Crippen molar-refractivity contribution in [2.75, 3.05) is 24.2 Å². The van der Waals surface area contributed by atoms with E-state index in [0.717, 1.165) is 0 Å². The Kier molecular flexibility index (Phi) is 5.81. The van der Waals surface area contributed by atoms with Crippen molar-refractivity contribution in [2.24, 2.45) is 0 Å². The molecule has 0 aliphatic rings. The lowest BCUT2D eigenvalue weighted by Crippen LogP contribution is -2.18. The first-order chi connectivity index (χ1) is 9.15. The van der Waals surface area contributed by atoms with Crippen LogP contribution in [0, 0.1) is 6.92 Å². The molecule has 0 fully saturated rings. The van der Waals surface area contributed by atoms with Crippen molar-refractivity contribution in [3.8, 4) is 0 Å². The zero-order valence-electron chi connectivity index (χ0n) is 11.1. The van der Waals surface area contributed by atoms with Crippen LogP contribution in [0.3, 0.4) is 0 Å². The first-order valence-electron chi connectivity index (χ1n) is 5.70. The molecule has 20 heavy (non-hydrogen) atoms. The molecule has 6 nitrogen and oxygen atoms in total. The largest absolute Gasteiger partial charge is 0.385 e. The molecule has 0 amide bonds. The van der Waals surface area contributed by atoms with Crippen LogP contribution in [0.2, 0.25) is 0 Å². The number of methoxy groups -OCH3 is 1. The maximum atomic E-state index is 11.8. The van der Waals surface area contributed by atoms with Gasteiger partial charge in [0.15, 0.2) is 0 Å². The predicted molar refractivity (Wildman–Crippen MR) is 78.1 cm³/mol. The van der Waals surface area contributed by atoms with Gasteiger partial charge in [-0.15, -0.1) is 0 Å². The average Bonchev–Trinajstić information content (AvgIpc) is 2.30. The summed E-state index contributed by atoms with van der Waals surface area (Å²) in [4.78, 5) is -0.0704. The van der Waals surface area contributed by atoms with E-state index in [-0.39, 0.29) is 10.6 Å². The van der Waals surface area contributed by atoms with Crippen molar-refractivity contribution in [3.63, 3.8) is 0 Å². The molecule has 0 spiro atoms. The van der Waals surface area contributed by atoms with E-state index in [1.165, 1.54) is 25.3 Å². The summed E-state index contributed by atoms with van der Waals surface area (Å²) in [6, 6.07) is 3.94. The first-order valence-corrected chi connectivity index (χ1v) is 9.66. The average molecular weight is 342 g/mol. The third-order valence-electron chi connectivity index (χ3n) is 2.51. The fraction of sp³-hybridized carbons (Fsp3) is 0.455. The molecular formula is C11H16ClNO5S2. The second-order valence-electron chi connectivity index (χ2n) is 4.18. The van der Waals surface area contributed by atoms with E-state index in [2.05, 4.69) is 4.72 Å². The fourth-order valence-electron chi connectivity index (χ4n) is 1.51. The predicted octanol–water partition coefficient (Wildman–Crippen LogP) is 1.70. The first kappa shape index (κ1) is 17.2. The lowest BCUT2D eigenvalue weighted by molar-refractivity contribution is 0.199. The number of sulfonamides is 1. The summed E-state index contributed by atoms with van der Waals surface area (Å²) in [5.74, 6) is -0.0736. The molecule has 0 aliphatic carbocycles. The highest BCUT2D eigenvalue weighted by Crippen LogP contribution is 2.23. The van der Waals surface area contributed by atoms with Gasteiger partial charge in [0.25, 0.3) is 9.05 Å². The van der Waals surface area contributed by atoms with Gasteiger partial charge in [-0.25, -0.2) is 16.8 Å².